The molecule has 1 unspecified atom stereocenters. The van der Waals surface area contributed by atoms with E-state index in [0.29, 0.717) is 0 Å². The largest absolute Gasteiger partial charge is 0.311 e. The number of fused-ring (bicyclic) bond motifs is 1. The molecule has 0 bridgehead atoms. The Bertz CT molecular complexity index is 2320. The zero-order valence-electron chi connectivity index (χ0n) is 30.1. The third kappa shape index (κ3) is 6.92. The second kappa shape index (κ2) is 15.6. The summed E-state index contributed by atoms with van der Waals surface area (Å²) >= 11 is 0. The molecular formula is C49H42N3P. The standard InChI is InChI=1S/C49H42N3P/c1-3-17-42(18-4-2)50(43-32-27-39(28-33-43)38-19-9-5-10-20-38)44-34-29-40(30-35-44)41-31-36-48-49(37-41)52(46-23-13-7-14-24-46)53(47-25-15-8-16-26-47)51(48)45-21-11-6-12-22-45/h3,5-37H,4H2,1-2H3/b17-3-,42-18+. The summed E-state index contributed by atoms with van der Waals surface area (Å²) < 4.78 is 5.08. The summed E-state index contributed by atoms with van der Waals surface area (Å²) in [5.74, 6) is 0. The van der Waals surface area contributed by atoms with Gasteiger partial charge < -0.3 is 4.90 Å². The highest BCUT2D eigenvalue weighted by molar-refractivity contribution is 7.70. The lowest BCUT2D eigenvalue weighted by molar-refractivity contribution is 1.13. The molecule has 1 heterocycles. The smallest absolute Gasteiger partial charge is 0.138 e. The first-order valence-electron chi connectivity index (χ1n) is 18.3. The predicted octanol–water partition coefficient (Wildman–Crippen LogP) is 14.0. The third-order valence-electron chi connectivity index (χ3n) is 9.50. The number of nitrogens with zero attached hydrogens (tertiary/aromatic N) is 3. The molecule has 0 spiro atoms. The lowest BCUT2D eigenvalue weighted by Crippen LogP contribution is -2.21. The van der Waals surface area contributed by atoms with Crippen LogP contribution in [0.2, 0.25) is 0 Å². The first-order chi connectivity index (χ1) is 26.2. The summed E-state index contributed by atoms with van der Waals surface area (Å²) in [5.41, 5.74) is 13.0. The van der Waals surface area contributed by atoms with E-state index in [1.54, 1.807) is 0 Å². The maximum Gasteiger partial charge on any atom is 0.138 e. The van der Waals surface area contributed by atoms with Gasteiger partial charge in [0.25, 0.3) is 0 Å². The monoisotopic (exact) mass is 703 g/mol. The number of benzene rings is 7. The lowest BCUT2D eigenvalue weighted by atomic mass is 10.0. The molecule has 0 N–H and O–H groups in total. The van der Waals surface area contributed by atoms with Crippen LogP contribution in [0.5, 0.6) is 0 Å². The molecule has 53 heavy (non-hydrogen) atoms. The number of hydrogen-bond acceptors (Lipinski definition) is 3. The Hall–Kier alpha value is -6.15. The van der Waals surface area contributed by atoms with E-state index in [1.807, 2.05) is 0 Å². The van der Waals surface area contributed by atoms with E-state index < -0.39 is 8.22 Å². The van der Waals surface area contributed by atoms with Crippen LogP contribution in [0.15, 0.2) is 212 Å². The quantitative estimate of drug-likeness (QED) is 0.104. The van der Waals surface area contributed by atoms with Gasteiger partial charge in [-0.1, -0.05) is 146 Å². The summed E-state index contributed by atoms with van der Waals surface area (Å²) in [6.07, 6.45) is 7.55. The molecule has 0 saturated carbocycles. The highest BCUT2D eigenvalue weighted by Gasteiger charge is 2.39. The fourth-order valence-corrected chi connectivity index (χ4v) is 9.59. The van der Waals surface area contributed by atoms with Crippen molar-refractivity contribution >= 4 is 47.7 Å². The molecular weight excluding hydrogens is 662 g/mol. The Balaban J connectivity index is 1.20. The first kappa shape index (κ1) is 34.0. The van der Waals surface area contributed by atoms with Gasteiger partial charge in [-0.3, -0.25) is 9.34 Å². The molecule has 1 aliphatic rings. The molecule has 4 heteroatoms. The van der Waals surface area contributed by atoms with Crippen molar-refractivity contribution in [3.8, 4) is 22.3 Å². The summed E-state index contributed by atoms with van der Waals surface area (Å²) in [4.78, 5) is 2.35. The van der Waals surface area contributed by atoms with E-state index in [4.69, 9.17) is 0 Å². The Morgan fingerprint density at radius 1 is 0.509 bits per heavy atom. The minimum atomic E-state index is -0.952. The van der Waals surface area contributed by atoms with Crippen molar-refractivity contribution in [1.82, 2.24) is 0 Å². The fraction of sp³-hybridized carbons (Fsp3) is 0.0612. The zero-order valence-corrected chi connectivity index (χ0v) is 31.0. The topological polar surface area (TPSA) is 9.72 Å². The van der Waals surface area contributed by atoms with Crippen molar-refractivity contribution in [1.29, 1.82) is 0 Å². The molecule has 8 rings (SSSR count). The molecule has 258 valence electrons. The number of para-hydroxylation sites is 2. The highest BCUT2D eigenvalue weighted by atomic mass is 31.1. The average molecular weight is 704 g/mol. The Morgan fingerprint density at radius 3 is 1.49 bits per heavy atom. The van der Waals surface area contributed by atoms with Crippen LogP contribution in [0.3, 0.4) is 0 Å². The van der Waals surface area contributed by atoms with E-state index in [2.05, 4.69) is 234 Å². The van der Waals surface area contributed by atoms with Crippen LogP contribution in [0, 0.1) is 0 Å². The van der Waals surface area contributed by atoms with Crippen molar-refractivity contribution in [3.05, 3.63) is 212 Å². The van der Waals surface area contributed by atoms with Gasteiger partial charge in [-0.15, -0.1) is 0 Å². The third-order valence-corrected chi connectivity index (χ3v) is 11.9. The van der Waals surface area contributed by atoms with Gasteiger partial charge in [0.1, 0.15) is 8.22 Å². The Labute approximate surface area is 315 Å². The van der Waals surface area contributed by atoms with Gasteiger partial charge in [-0.05, 0) is 102 Å². The van der Waals surface area contributed by atoms with Gasteiger partial charge in [0, 0.05) is 33.8 Å². The molecule has 0 amide bonds. The van der Waals surface area contributed by atoms with Gasteiger partial charge in [-0.2, -0.15) is 0 Å². The van der Waals surface area contributed by atoms with Crippen LogP contribution in [0.1, 0.15) is 20.3 Å². The Kier molecular flexibility index (Phi) is 10.0. The van der Waals surface area contributed by atoms with Crippen LogP contribution < -0.4 is 19.5 Å². The van der Waals surface area contributed by atoms with E-state index in [-0.39, 0.29) is 0 Å². The minimum absolute atomic E-state index is 0.939. The van der Waals surface area contributed by atoms with Gasteiger partial charge in [0.05, 0.1) is 11.4 Å². The summed E-state index contributed by atoms with van der Waals surface area (Å²) in [7, 11) is -0.952. The Morgan fingerprint density at radius 2 is 0.962 bits per heavy atom. The van der Waals surface area contributed by atoms with Crippen molar-refractivity contribution in [2.45, 2.75) is 20.3 Å². The first-order valence-corrected chi connectivity index (χ1v) is 19.6. The van der Waals surface area contributed by atoms with E-state index in [9.17, 15) is 0 Å². The number of anilines is 6. The van der Waals surface area contributed by atoms with E-state index >= 15 is 0 Å². The van der Waals surface area contributed by atoms with Crippen molar-refractivity contribution < 1.29 is 0 Å². The molecule has 1 aliphatic heterocycles. The van der Waals surface area contributed by atoms with Crippen molar-refractivity contribution in [2.75, 3.05) is 14.2 Å². The van der Waals surface area contributed by atoms with Crippen LogP contribution >= 0.6 is 8.22 Å². The van der Waals surface area contributed by atoms with E-state index in [1.165, 1.54) is 50.3 Å². The predicted molar refractivity (Wildman–Crippen MR) is 229 cm³/mol. The minimum Gasteiger partial charge on any atom is -0.311 e. The molecule has 7 aromatic rings. The maximum atomic E-state index is 2.55. The molecule has 3 nitrogen and oxygen atoms in total. The lowest BCUT2D eigenvalue weighted by Gasteiger charge is -2.32. The number of hydrogen-bond donors (Lipinski definition) is 0. The van der Waals surface area contributed by atoms with Crippen LogP contribution in [-0.4, -0.2) is 0 Å². The van der Waals surface area contributed by atoms with E-state index in [0.717, 1.165) is 23.5 Å². The normalized spacial score (nSPS) is 14.1. The fourth-order valence-electron chi connectivity index (χ4n) is 7.07. The van der Waals surface area contributed by atoms with Crippen LogP contribution in [0.25, 0.3) is 22.3 Å². The average Bonchev–Trinajstić information content (AvgIpc) is 3.57. The van der Waals surface area contributed by atoms with Crippen molar-refractivity contribution in [2.24, 2.45) is 0 Å². The summed E-state index contributed by atoms with van der Waals surface area (Å²) in [6, 6.07) is 68.0. The second-order valence-corrected chi connectivity index (χ2v) is 14.9. The molecule has 1 atom stereocenters. The molecule has 0 aromatic heterocycles. The summed E-state index contributed by atoms with van der Waals surface area (Å²) in [6.45, 7) is 4.27. The molecule has 0 radical (unpaired) electrons. The molecule has 0 saturated heterocycles. The van der Waals surface area contributed by atoms with Crippen LogP contribution in [0.4, 0.5) is 34.1 Å². The SMILES string of the molecule is C/C=C\C(=C/CC)N(c1ccc(-c2ccccc2)cc1)c1ccc(-c2ccc3c(c2)N(c2ccccc2)P(c2ccccc2)N3c2ccccc2)cc1. The van der Waals surface area contributed by atoms with Gasteiger partial charge in [0.15, 0.2) is 0 Å². The zero-order chi connectivity index (χ0) is 36.0. The second-order valence-electron chi connectivity index (χ2n) is 13.0. The highest BCUT2D eigenvalue weighted by Crippen LogP contribution is 2.65. The van der Waals surface area contributed by atoms with Gasteiger partial charge in [0.2, 0.25) is 0 Å². The molecule has 0 aliphatic carbocycles. The van der Waals surface area contributed by atoms with Crippen molar-refractivity contribution in [3.63, 3.8) is 0 Å². The number of allylic oxidation sites excluding steroid dienone is 3. The van der Waals surface area contributed by atoms with Crippen LogP contribution in [-0.2, 0) is 0 Å². The number of rotatable bonds is 10. The molecule has 0 fully saturated rings. The van der Waals surface area contributed by atoms with Gasteiger partial charge in [-0.25, -0.2) is 0 Å². The maximum absolute atomic E-state index is 2.55. The van der Waals surface area contributed by atoms with Gasteiger partial charge >= 0.3 is 0 Å². The molecule has 7 aromatic carbocycles. The summed E-state index contributed by atoms with van der Waals surface area (Å²) in [5, 5.41) is 1.30.